The summed E-state index contributed by atoms with van der Waals surface area (Å²) >= 11 is 0. The zero-order chi connectivity index (χ0) is 47.4. The standard InChI is InChI=1S/C25H52N2O22P4.4C2H4/c1-4-13-37-47-49-48-38-14-15-39-50(29,30)40-18-21(27-3)19-42-52(33,34)44-23-7-11-25(12-8-23)46-53(35,36)45-24-9-5-22(6-10-24)43-51(31,32)41-17-20(16-28)26-2;4*1-2/h4,13,20-28H,5-12,14-19H2,1-3H3,(H,29,30)(H,31,32)(H,33,34)(H,35,36);4*1-2H2/p-4/b13-4+;;;;. The van der Waals surface area contributed by atoms with Gasteiger partial charge >= 0.3 is 0 Å². The van der Waals surface area contributed by atoms with Crippen LogP contribution in [0.15, 0.2) is 65.0 Å². The zero-order valence-electron chi connectivity index (χ0n) is 35.0. The molecule has 362 valence electrons. The van der Waals surface area contributed by atoms with Gasteiger partial charge in [0, 0.05) is 10.1 Å². The molecule has 0 heterocycles. The monoisotopic (exact) mass is 964 g/mol. The van der Waals surface area contributed by atoms with Crippen LogP contribution >= 0.6 is 31.3 Å². The minimum Gasteiger partial charge on any atom is -0.756 e. The summed E-state index contributed by atoms with van der Waals surface area (Å²) in [5.41, 5.74) is 0. The fourth-order valence-corrected chi connectivity index (χ4v) is 8.60. The maximum Gasteiger partial charge on any atom is 0.268 e. The predicted molar refractivity (Wildman–Crippen MR) is 214 cm³/mol. The van der Waals surface area contributed by atoms with Crippen molar-refractivity contribution in [2.75, 3.05) is 53.7 Å². The second-order valence-corrected chi connectivity index (χ2v) is 16.9. The summed E-state index contributed by atoms with van der Waals surface area (Å²) in [6.45, 7) is 22.9. The lowest BCUT2D eigenvalue weighted by Gasteiger charge is -2.38. The van der Waals surface area contributed by atoms with E-state index in [1.807, 2.05) is 0 Å². The SMILES string of the molecule is C/C=C/OOOOOCCOP(=O)([O-])OCC(COP(=O)([O-])OC1CCC(OP(=O)([O-])OC2CCC(OP(=O)([O-])OCC(CO)NC)CC2)CC1)NC.C=C.C=C.C=C.C=C. The van der Waals surface area contributed by atoms with Crippen LogP contribution in [-0.2, 0) is 79.3 Å². The molecular weight excluding hydrogens is 900 g/mol. The number of aliphatic hydroxyl groups excluding tert-OH is 1. The number of phosphoric ester groups is 4. The molecule has 6 atom stereocenters. The van der Waals surface area contributed by atoms with E-state index >= 15 is 0 Å². The Bertz CT molecular complexity index is 1300. The number of hydrogen-bond donors (Lipinski definition) is 3. The third-order valence-corrected chi connectivity index (χ3v) is 11.6. The van der Waals surface area contributed by atoms with Crippen LogP contribution in [0.2, 0.25) is 0 Å². The van der Waals surface area contributed by atoms with Gasteiger partial charge in [-0.05, 0) is 83.5 Å². The van der Waals surface area contributed by atoms with E-state index in [0.717, 1.165) is 6.26 Å². The van der Waals surface area contributed by atoms with Gasteiger partial charge in [-0.3, -0.25) is 18.3 Å². The van der Waals surface area contributed by atoms with Gasteiger partial charge in [-0.1, -0.05) is 0 Å². The average Bonchev–Trinajstić information content (AvgIpc) is 3.24. The van der Waals surface area contributed by atoms with Gasteiger partial charge in [0.2, 0.25) is 0 Å². The Hall–Kier alpha value is -1.34. The van der Waals surface area contributed by atoms with E-state index in [0.29, 0.717) is 0 Å². The van der Waals surface area contributed by atoms with Gasteiger partial charge in [0.05, 0.1) is 69.5 Å². The summed E-state index contributed by atoms with van der Waals surface area (Å²) in [6, 6.07) is -1.52. The summed E-state index contributed by atoms with van der Waals surface area (Å²) in [5.74, 6) is 0. The van der Waals surface area contributed by atoms with Crippen LogP contribution in [-0.4, -0.2) is 95.3 Å². The van der Waals surface area contributed by atoms with E-state index in [4.69, 9.17) is 36.8 Å². The van der Waals surface area contributed by atoms with Gasteiger partial charge in [0.25, 0.3) is 31.3 Å². The summed E-state index contributed by atoms with van der Waals surface area (Å²) < 4.78 is 88.6. The minimum atomic E-state index is -4.88. The first-order chi connectivity index (χ1) is 29.0. The fourth-order valence-electron chi connectivity index (χ4n) is 4.67. The van der Waals surface area contributed by atoms with E-state index < -0.39 is 94.2 Å². The van der Waals surface area contributed by atoms with Crippen molar-refractivity contribution in [3.05, 3.63) is 65.0 Å². The Labute approximate surface area is 358 Å². The molecule has 0 spiro atoms. The molecule has 0 aromatic rings. The maximum atomic E-state index is 12.6. The van der Waals surface area contributed by atoms with Crippen LogP contribution in [0.3, 0.4) is 0 Å². The molecular formula is C33H64N2O22P4-4. The minimum absolute atomic E-state index is 0.112. The number of rotatable bonds is 29. The second-order valence-electron chi connectivity index (χ2n) is 11.5. The van der Waals surface area contributed by atoms with Crippen molar-refractivity contribution in [2.45, 2.75) is 94.8 Å². The highest BCUT2D eigenvalue weighted by Crippen LogP contribution is 2.49. The first kappa shape index (κ1) is 63.9. The van der Waals surface area contributed by atoms with E-state index in [2.05, 4.69) is 92.7 Å². The van der Waals surface area contributed by atoms with Gasteiger partial charge in [-0.25, -0.2) is 4.89 Å². The molecule has 0 aromatic carbocycles. The van der Waals surface area contributed by atoms with Crippen LogP contribution < -0.4 is 30.2 Å². The molecule has 2 rings (SSSR count). The number of nitrogens with one attached hydrogen (secondary N) is 2. The molecule has 3 N–H and O–H groups in total. The first-order valence-corrected chi connectivity index (χ1v) is 24.3. The summed E-state index contributed by atoms with van der Waals surface area (Å²) in [5, 5.41) is 26.5. The van der Waals surface area contributed by atoms with Crippen molar-refractivity contribution < 1.29 is 104 Å². The van der Waals surface area contributed by atoms with Crippen LogP contribution in [0.5, 0.6) is 0 Å². The average molecular weight is 965 g/mol. The number of allylic oxidation sites excluding steroid dienone is 1. The molecule has 6 unspecified atom stereocenters. The molecule has 2 fully saturated rings. The van der Waals surface area contributed by atoms with E-state index in [1.165, 1.54) is 20.2 Å². The largest absolute Gasteiger partial charge is 0.756 e. The summed E-state index contributed by atoms with van der Waals surface area (Å²) in [6.07, 6.45) is 0.657. The highest BCUT2D eigenvalue weighted by atomic mass is 31.2. The second kappa shape index (κ2) is 38.0. The Morgan fingerprint density at radius 2 is 0.918 bits per heavy atom. The normalized spacial score (nSPS) is 23.7. The molecule has 0 aliphatic heterocycles. The van der Waals surface area contributed by atoms with Gasteiger partial charge in [-0.15, -0.1) is 52.6 Å². The van der Waals surface area contributed by atoms with Crippen molar-refractivity contribution in [3.8, 4) is 0 Å². The molecule has 0 aromatic heterocycles. The molecule has 2 saturated carbocycles. The molecule has 0 saturated heterocycles. The third kappa shape index (κ3) is 33.8. The van der Waals surface area contributed by atoms with Crippen LogP contribution in [0.4, 0.5) is 0 Å². The lowest BCUT2D eigenvalue weighted by molar-refractivity contribution is -0.700. The molecule has 2 aliphatic carbocycles. The molecule has 2 aliphatic rings. The van der Waals surface area contributed by atoms with Crippen molar-refractivity contribution in [1.29, 1.82) is 0 Å². The first-order valence-electron chi connectivity index (χ1n) is 18.4. The number of phosphoric acid groups is 4. The number of aliphatic hydroxyl groups is 1. The summed E-state index contributed by atoms with van der Waals surface area (Å²) in [7, 11) is -16.2. The quantitative estimate of drug-likeness (QED) is 0.0242. The Morgan fingerprint density at radius 3 is 1.28 bits per heavy atom. The van der Waals surface area contributed by atoms with Crippen molar-refractivity contribution in [3.63, 3.8) is 0 Å². The van der Waals surface area contributed by atoms with Gasteiger partial charge < -0.3 is 76.4 Å². The number of hydrogen-bond acceptors (Lipinski definition) is 24. The van der Waals surface area contributed by atoms with Gasteiger partial charge in [-0.2, -0.15) is 0 Å². The lowest BCUT2D eigenvalue weighted by atomic mass is 9.95. The molecule has 0 bridgehead atoms. The van der Waals surface area contributed by atoms with Crippen molar-refractivity contribution in [1.82, 2.24) is 10.6 Å². The zero-order valence-corrected chi connectivity index (χ0v) is 38.6. The predicted octanol–water partition coefficient (Wildman–Crippen LogP) is 3.27. The Balaban J connectivity index is -0.00000395. The van der Waals surface area contributed by atoms with Gasteiger partial charge in [0.15, 0.2) is 0 Å². The molecule has 0 amide bonds. The van der Waals surface area contributed by atoms with Crippen molar-refractivity contribution in [2.24, 2.45) is 0 Å². The molecule has 24 nitrogen and oxygen atoms in total. The smallest absolute Gasteiger partial charge is 0.268 e. The van der Waals surface area contributed by atoms with Crippen LogP contribution in [0.1, 0.15) is 58.3 Å². The highest BCUT2D eigenvalue weighted by Gasteiger charge is 2.32. The van der Waals surface area contributed by atoms with Crippen LogP contribution in [0.25, 0.3) is 0 Å². The third-order valence-electron chi connectivity index (χ3n) is 7.44. The van der Waals surface area contributed by atoms with E-state index in [-0.39, 0.29) is 64.6 Å². The van der Waals surface area contributed by atoms with Crippen molar-refractivity contribution >= 4 is 31.3 Å². The topological polar surface area (TPSA) is 325 Å². The maximum absolute atomic E-state index is 12.6. The molecule has 61 heavy (non-hydrogen) atoms. The number of likely N-dealkylation sites (N-methyl/N-ethyl adjacent to an activating group) is 2. The van der Waals surface area contributed by atoms with Crippen LogP contribution in [0, 0.1) is 0 Å². The summed E-state index contributed by atoms with van der Waals surface area (Å²) in [4.78, 5) is 57.8. The molecule has 0 radical (unpaired) electrons. The van der Waals surface area contributed by atoms with Gasteiger partial charge in [0.1, 0.15) is 12.9 Å². The van der Waals surface area contributed by atoms with E-state index in [1.54, 1.807) is 6.92 Å². The Morgan fingerprint density at radius 1 is 0.557 bits per heavy atom. The highest BCUT2D eigenvalue weighted by molar-refractivity contribution is 7.46. The lowest BCUT2D eigenvalue weighted by Crippen LogP contribution is -2.36. The Kier molecular flexibility index (Phi) is 39.8. The molecule has 28 heteroatoms. The fraction of sp³-hybridized carbons (Fsp3) is 0.697. The van der Waals surface area contributed by atoms with E-state index in [9.17, 15) is 37.8 Å².